The van der Waals surface area contributed by atoms with Gasteiger partial charge < -0.3 is 10.1 Å². The standard InChI is InChI=1S/C12H22N2O3/c1-10(15)8-11-4-3-6-14(11)9-12(16)13-5-7-17-2/h11H,3-9H2,1-2H3,(H,13,16). The fourth-order valence-electron chi connectivity index (χ4n) is 2.20. The Kier molecular flexibility index (Phi) is 6.15. The molecule has 1 N–H and O–H groups in total. The average Bonchev–Trinajstić information content (AvgIpc) is 2.65. The van der Waals surface area contributed by atoms with Crippen LogP contribution in [0.3, 0.4) is 0 Å². The minimum atomic E-state index is 0.0116. The van der Waals surface area contributed by atoms with E-state index in [1.807, 2.05) is 0 Å². The summed E-state index contributed by atoms with van der Waals surface area (Å²) in [5, 5.41) is 2.79. The fourth-order valence-corrected chi connectivity index (χ4v) is 2.20. The second-order valence-electron chi connectivity index (χ2n) is 4.52. The van der Waals surface area contributed by atoms with Gasteiger partial charge in [0.1, 0.15) is 5.78 Å². The highest BCUT2D eigenvalue weighted by Gasteiger charge is 2.26. The number of ether oxygens (including phenoxy) is 1. The van der Waals surface area contributed by atoms with Crippen LogP contribution in [0, 0.1) is 0 Å². The van der Waals surface area contributed by atoms with Gasteiger partial charge in [-0.1, -0.05) is 0 Å². The van der Waals surface area contributed by atoms with Crippen molar-refractivity contribution in [1.29, 1.82) is 0 Å². The molecule has 0 aromatic heterocycles. The van der Waals surface area contributed by atoms with Crippen molar-refractivity contribution in [2.45, 2.75) is 32.2 Å². The third-order valence-corrected chi connectivity index (χ3v) is 3.00. The van der Waals surface area contributed by atoms with Crippen LogP contribution in [-0.2, 0) is 14.3 Å². The molecule has 5 heteroatoms. The van der Waals surface area contributed by atoms with Crippen LogP contribution in [0.15, 0.2) is 0 Å². The number of hydrogen-bond acceptors (Lipinski definition) is 4. The predicted octanol–water partition coefficient (Wildman–Crippen LogP) is 0.193. The molecule has 0 radical (unpaired) electrons. The Labute approximate surface area is 102 Å². The van der Waals surface area contributed by atoms with E-state index in [2.05, 4.69) is 10.2 Å². The molecule has 1 aliphatic rings. The van der Waals surface area contributed by atoms with Crippen molar-refractivity contribution < 1.29 is 14.3 Å². The largest absolute Gasteiger partial charge is 0.383 e. The number of likely N-dealkylation sites (tertiary alicyclic amines) is 1. The molecular weight excluding hydrogens is 220 g/mol. The molecule has 1 unspecified atom stereocenters. The number of Topliss-reactive ketones (excluding diaryl/α,β-unsaturated/α-hetero) is 1. The van der Waals surface area contributed by atoms with Crippen molar-refractivity contribution in [3.8, 4) is 0 Å². The molecule has 0 spiro atoms. The van der Waals surface area contributed by atoms with Crippen LogP contribution >= 0.6 is 0 Å². The van der Waals surface area contributed by atoms with Gasteiger partial charge in [-0.3, -0.25) is 14.5 Å². The Morgan fingerprint density at radius 2 is 2.24 bits per heavy atom. The van der Waals surface area contributed by atoms with Crippen molar-refractivity contribution in [2.75, 3.05) is 33.4 Å². The highest BCUT2D eigenvalue weighted by molar-refractivity contribution is 5.78. The number of rotatable bonds is 7. The maximum Gasteiger partial charge on any atom is 0.234 e. The van der Waals surface area contributed by atoms with E-state index < -0.39 is 0 Å². The van der Waals surface area contributed by atoms with Gasteiger partial charge in [0.25, 0.3) is 0 Å². The molecule has 17 heavy (non-hydrogen) atoms. The predicted molar refractivity (Wildman–Crippen MR) is 64.8 cm³/mol. The number of hydrogen-bond donors (Lipinski definition) is 1. The van der Waals surface area contributed by atoms with Crippen LogP contribution < -0.4 is 5.32 Å². The number of carbonyl (C=O) groups is 2. The molecule has 0 saturated carbocycles. The van der Waals surface area contributed by atoms with E-state index in [4.69, 9.17) is 4.74 Å². The molecule has 0 bridgehead atoms. The fraction of sp³-hybridized carbons (Fsp3) is 0.833. The summed E-state index contributed by atoms with van der Waals surface area (Å²) in [6.07, 6.45) is 2.65. The molecule has 1 aliphatic heterocycles. The van der Waals surface area contributed by atoms with Crippen molar-refractivity contribution >= 4 is 11.7 Å². The minimum Gasteiger partial charge on any atom is -0.383 e. The normalized spacial score (nSPS) is 20.5. The van der Waals surface area contributed by atoms with Crippen LogP contribution in [0.25, 0.3) is 0 Å². The third-order valence-electron chi connectivity index (χ3n) is 3.00. The molecule has 1 rings (SSSR count). The summed E-state index contributed by atoms with van der Waals surface area (Å²) in [7, 11) is 1.61. The molecule has 0 aromatic carbocycles. The molecule has 0 aromatic rings. The molecule has 1 atom stereocenters. The molecule has 0 aliphatic carbocycles. The molecule has 5 nitrogen and oxygen atoms in total. The summed E-state index contributed by atoms with van der Waals surface area (Å²) >= 11 is 0. The molecular formula is C12H22N2O3. The van der Waals surface area contributed by atoms with Crippen LogP contribution in [0.5, 0.6) is 0 Å². The van der Waals surface area contributed by atoms with Gasteiger partial charge >= 0.3 is 0 Å². The van der Waals surface area contributed by atoms with Crippen LogP contribution in [0.4, 0.5) is 0 Å². The van der Waals surface area contributed by atoms with Gasteiger partial charge in [0.2, 0.25) is 5.91 Å². The minimum absolute atomic E-state index is 0.0116. The van der Waals surface area contributed by atoms with Crippen LogP contribution in [-0.4, -0.2) is 56.0 Å². The lowest BCUT2D eigenvalue weighted by molar-refractivity contribution is -0.124. The summed E-state index contributed by atoms with van der Waals surface area (Å²) in [5.74, 6) is 0.208. The molecule has 1 heterocycles. The summed E-state index contributed by atoms with van der Waals surface area (Å²) in [6, 6.07) is 0.251. The number of ketones is 1. The summed E-state index contributed by atoms with van der Waals surface area (Å²) < 4.78 is 4.86. The van der Waals surface area contributed by atoms with E-state index in [0.717, 1.165) is 19.4 Å². The maximum atomic E-state index is 11.6. The zero-order valence-corrected chi connectivity index (χ0v) is 10.7. The summed E-state index contributed by atoms with van der Waals surface area (Å²) in [5.41, 5.74) is 0. The average molecular weight is 242 g/mol. The number of nitrogens with zero attached hydrogens (tertiary/aromatic N) is 1. The highest BCUT2D eigenvalue weighted by atomic mass is 16.5. The summed E-state index contributed by atoms with van der Waals surface area (Å²) in [6.45, 7) is 3.98. The number of nitrogens with one attached hydrogen (secondary N) is 1. The zero-order chi connectivity index (χ0) is 12.7. The Morgan fingerprint density at radius 1 is 1.47 bits per heavy atom. The van der Waals surface area contributed by atoms with E-state index in [9.17, 15) is 9.59 Å². The van der Waals surface area contributed by atoms with Gasteiger partial charge in [-0.05, 0) is 26.3 Å². The highest BCUT2D eigenvalue weighted by Crippen LogP contribution is 2.19. The van der Waals surface area contributed by atoms with E-state index in [0.29, 0.717) is 26.1 Å². The van der Waals surface area contributed by atoms with E-state index in [1.54, 1.807) is 14.0 Å². The van der Waals surface area contributed by atoms with Gasteiger partial charge in [-0.2, -0.15) is 0 Å². The first-order chi connectivity index (χ1) is 8.13. The number of methoxy groups -OCH3 is 1. The van der Waals surface area contributed by atoms with E-state index in [1.165, 1.54) is 0 Å². The molecule has 98 valence electrons. The van der Waals surface area contributed by atoms with Gasteiger partial charge in [-0.25, -0.2) is 0 Å². The smallest absolute Gasteiger partial charge is 0.234 e. The topological polar surface area (TPSA) is 58.6 Å². The maximum absolute atomic E-state index is 11.6. The van der Waals surface area contributed by atoms with Gasteiger partial charge in [0.15, 0.2) is 0 Å². The van der Waals surface area contributed by atoms with Crippen LogP contribution in [0.1, 0.15) is 26.2 Å². The summed E-state index contributed by atoms with van der Waals surface area (Å²) in [4.78, 5) is 24.8. The SMILES string of the molecule is COCCNC(=O)CN1CCCC1CC(C)=O. The molecule has 1 amide bonds. The first-order valence-electron chi connectivity index (χ1n) is 6.12. The van der Waals surface area contributed by atoms with Crippen molar-refractivity contribution in [1.82, 2.24) is 10.2 Å². The van der Waals surface area contributed by atoms with Gasteiger partial charge in [0.05, 0.1) is 13.2 Å². The number of carbonyl (C=O) groups excluding carboxylic acids is 2. The van der Waals surface area contributed by atoms with Gasteiger partial charge in [0, 0.05) is 26.1 Å². The van der Waals surface area contributed by atoms with Gasteiger partial charge in [-0.15, -0.1) is 0 Å². The third kappa shape index (κ3) is 5.28. The van der Waals surface area contributed by atoms with E-state index in [-0.39, 0.29) is 17.7 Å². The first kappa shape index (κ1) is 14.1. The lowest BCUT2D eigenvalue weighted by atomic mass is 10.1. The second-order valence-corrected chi connectivity index (χ2v) is 4.52. The Bertz CT molecular complexity index is 268. The molecule has 1 saturated heterocycles. The van der Waals surface area contributed by atoms with Crippen molar-refractivity contribution in [3.05, 3.63) is 0 Å². The Hall–Kier alpha value is -0.940. The van der Waals surface area contributed by atoms with E-state index >= 15 is 0 Å². The Balaban J connectivity index is 2.28. The zero-order valence-electron chi connectivity index (χ0n) is 10.7. The second kappa shape index (κ2) is 7.40. The van der Waals surface area contributed by atoms with Crippen molar-refractivity contribution in [2.24, 2.45) is 0 Å². The lowest BCUT2D eigenvalue weighted by Gasteiger charge is -2.22. The first-order valence-corrected chi connectivity index (χ1v) is 6.12. The quantitative estimate of drug-likeness (QED) is 0.648. The van der Waals surface area contributed by atoms with Crippen LogP contribution in [0.2, 0.25) is 0 Å². The Morgan fingerprint density at radius 3 is 2.88 bits per heavy atom. The number of amides is 1. The van der Waals surface area contributed by atoms with Crippen molar-refractivity contribution in [3.63, 3.8) is 0 Å². The monoisotopic (exact) mass is 242 g/mol. The molecule has 1 fully saturated rings. The lowest BCUT2D eigenvalue weighted by Crippen LogP contribution is -2.41.